The molecule has 0 amide bonds. The molecule has 0 aliphatic carbocycles. The summed E-state index contributed by atoms with van der Waals surface area (Å²) in [4.78, 5) is 8.29. The molecule has 0 fully saturated rings. The number of hydrogen-bond donors (Lipinski definition) is 2. The van der Waals surface area contributed by atoms with Crippen LogP contribution in [-0.4, -0.2) is 11.5 Å². The molecule has 0 rings (SSSR count). The lowest BCUT2D eigenvalue weighted by atomic mass is 10.5. The smallest absolute Gasteiger partial charge is 0.250 e. The van der Waals surface area contributed by atoms with Crippen LogP contribution in [0.1, 0.15) is 6.42 Å². The van der Waals surface area contributed by atoms with Gasteiger partial charge in [0.1, 0.15) is 0 Å². The van der Waals surface area contributed by atoms with Crippen LogP contribution in [-0.2, 0) is 4.52 Å². The first-order chi connectivity index (χ1) is 3.77. The molecule has 0 saturated carbocycles. The summed E-state index contributed by atoms with van der Waals surface area (Å²) in [6.45, 7) is 0.217. The Morgan fingerprint density at radius 1 is 1.88 bits per heavy atom. The molecule has 3 N–H and O–H groups in total. The summed E-state index contributed by atoms with van der Waals surface area (Å²) in [5.41, 5.74) is 4.82. The van der Waals surface area contributed by atoms with Crippen LogP contribution >= 0.6 is 8.53 Å². The minimum absolute atomic E-state index is 0.217. The second kappa shape index (κ2) is 4.95. The summed E-state index contributed by atoms with van der Waals surface area (Å²) >= 11 is 0. The van der Waals surface area contributed by atoms with E-state index in [9.17, 15) is 0 Å². The van der Waals surface area contributed by atoms with E-state index in [1.165, 1.54) is 0 Å². The van der Waals surface area contributed by atoms with Crippen LogP contribution in [0.4, 0.5) is 0 Å². The summed E-state index contributed by atoms with van der Waals surface area (Å²) < 4.78 is 4.46. The lowest BCUT2D eigenvalue weighted by molar-refractivity contribution is 0.318. The highest BCUT2D eigenvalue weighted by molar-refractivity contribution is 7.43. The van der Waals surface area contributed by atoms with Crippen molar-refractivity contribution in [3.63, 3.8) is 0 Å². The van der Waals surface area contributed by atoms with E-state index in [0.29, 0.717) is 0 Å². The van der Waals surface area contributed by atoms with Crippen molar-refractivity contribution >= 4 is 8.53 Å². The molecular formula is C3H7N2O2P. The highest BCUT2D eigenvalue weighted by atomic mass is 31.2. The van der Waals surface area contributed by atoms with Gasteiger partial charge in [-0.3, -0.25) is 5.50 Å². The van der Waals surface area contributed by atoms with Crippen molar-refractivity contribution in [2.45, 2.75) is 6.42 Å². The van der Waals surface area contributed by atoms with Crippen LogP contribution in [0.3, 0.4) is 0 Å². The number of nitriles is 1. The largest absolute Gasteiger partial charge is 0.338 e. The predicted octanol–water partition coefficient (Wildman–Crippen LogP) is 0.0946. The molecular weight excluding hydrogens is 127 g/mol. The van der Waals surface area contributed by atoms with Crippen LogP contribution in [0.5, 0.6) is 0 Å². The maximum atomic E-state index is 8.29. The Hall–Kier alpha value is -0.200. The van der Waals surface area contributed by atoms with Gasteiger partial charge < -0.3 is 9.42 Å². The van der Waals surface area contributed by atoms with Crippen molar-refractivity contribution in [3.05, 3.63) is 0 Å². The Morgan fingerprint density at radius 2 is 2.50 bits per heavy atom. The molecule has 46 valence electrons. The highest BCUT2D eigenvalue weighted by Gasteiger charge is 1.92. The number of hydrogen-bond acceptors (Lipinski definition) is 4. The zero-order valence-corrected chi connectivity index (χ0v) is 5.14. The van der Waals surface area contributed by atoms with Crippen molar-refractivity contribution in [2.24, 2.45) is 5.50 Å². The Morgan fingerprint density at radius 3 is 2.88 bits per heavy atom. The van der Waals surface area contributed by atoms with E-state index in [1.54, 1.807) is 0 Å². The molecule has 0 heterocycles. The standard InChI is InChI=1S/C3H7N2O2P/c4-2-1-3-7-8(5)6/h6H,1,3,5H2/t8-/m0/s1. The number of nitrogens with zero attached hydrogens (tertiary/aromatic N) is 1. The van der Waals surface area contributed by atoms with Gasteiger partial charge in [0.05, 0.1) is 19.1 Å². The second-order valence-corrected chi connectivity index (χ2v) is 1.91. The molecule has 0 aromatic rings. The van der Waals surface area contributed by atoms with Gasteiger partial charge in [-0.25, -0.2) is 0 Å². The Labute approximate surface area is 48.8 Å². The summed E-state index contributed by atoms with van der Waals surface area (Å²) in [7, 11) is -1.76. The van der Waals surface area contributed by atoms with E-state index in [0.717, 1.165) is 0 Å². The van der Waals surface area contributed by atoms with Crippen LogP contribution in [0.25, 0.3) is 0 Å². The minimum atomic E-state index is -1.76. The van der Waals surface area contributed by atoms with E-state index in [-0.39, 0.29) is 13.0 Å². The van der Waals surface area contributed by atoms with Gasteiger partial charge in [0.15, 0.2) is 0 Å². The molecule has 0 unspecified atom stereocenters. The Kier molecular flexibility index (Phi) is 4.82. The molecule has 1 atom stereocenters. The van der Waals surface area contributed by atoms with Crippen LogP contribution < -0.4 is 5.50 Å². The summed E-state index contributed by atoms with van der Waals surface area (Å²) in [6.07, 6.45) is 0.274. The first-order valence-electron chi connectivity index (χ1n) is 2.01. The fourth-order valence-electron chi connectivity index (χ4n) is 0.185. The minimum Gasteiger partial charge on any atom is -0.338 e. The third-order valence-electron chi connectivity index (χ3n) is 0.437. The molecule has 8 heavy (non-hydrogen) atoms. The van der Waals surface area contributed by atoms with Gasteiger partial charge in [-0.2, -0.15) is 5.26 Å². The molecule has 0 spiro atoms. The lowest BCUT2D eigenvalue weighted by Crippen LogP contribution is -1.93. The van der Waals surface area contributed by atoms with Gasteiger partial charge in [-0.15, -0.1) is 0 Å². The molecule has 0 radical (unpaired) electrons. The predicted molar refractivity (Wildman–Crippen MR) is 29.5 cm³/mol. The lowest BCUT2D eigenvalue weighted by Gasteiger charge is -1.99. The zero-order valence-electron chi connectivity index (χ0n) is 4.24. The average molecular weight is 134 g/mol. The molecule has 4 nitrogen and oxygen atoms in total. The molecule has 0 aliphatic rings. The normalized spacial score (nSPS) is 12.6. The van der Waals surface area contributed by atoms with Crippen molar-refractivity contribution in [2.75, 3.05) is 6.61 Å². The monoisotopic (exact) mass is 134 g/mol. The molecule has 0 aliphatic heterocycles. The summed E-state index contributed by atoms with van der Waals surface area (Å²) in [5.74, 6) is 0. The van der Waals surface area contributed by atoms with E-state index in [4.69, 9.17) is 15.7 Å². The van der Waals surface area contributed by atoms with E-state index in [2.05, 4.69) is 4.52 Å². The first-order valence-corrected chi connectivity index (χ1v) is 3.29. The third kappa shape index (κ3) is 5.80. The van der Waals surface area contributed by atoms with Crippen LogP contribution in [0, 0.1) is 11.3 Å². The van der Waals surface area contributed by atoms with Crippen LogP contribution in [0.2, 0.25) is 0 Å². The summed E-state index contributed by atoms with van der Waals surface area (Å²) in [6, 6.07) is 1.84. The van der Waals surface area contributed by atoms with Crippen molar-refractivity contribution in [3.8, 4) is 6.07 Å². The average Bonchev–Trinajstić information content (AvgIpc) is 1.66. The zero-order chi connectivity index (χ0) is 6.41. The molecule has 5 heteroatoms. The number of rotatable bonds is 3. The topological polar surface area (TPSA) is 79.3 Å². The Bertz CT molecular complexity index is 89.8. The molecule has 0 saturated heterocycles. The van der Waals surface area contributed by atoms with Crippen molar-refractivity contribution < 1.29 is 9.42 Å². The first kappa shape index (κ1) is 7.80. The van der Waals surface area contributed by atoms with Crippen LogP contribution in [0.15, 0.2) is 0 Å². The fourth-order valence-corrected chi connectivity index (χ4v) is 0.463. The van der Waals surface area contributed by atoms with Gasteiger partial charge in [0.2, 0.25) is 8.53 Å². The van der Waals surface area contributed by atoms with Gasteiger partial charge >= 0.3 is 0 Å². The second-order valence-electron chi connectivity index (χ2n) is 1.04. The highest BCUT2D eigenvalue weighted by Crippen LogP contribution is 2.18. The Balaban J connectivity index is 2.85. The van der Waals surface area contributed by atoms with Crippen molar-refractivity contribution in [1.29, 1.82) is 5.26 Å². The fraction of sp³-hybridized carbons (Fsp3) is 0.667. The third-order valence-corrected chi connectivity index (χ3v) is 0.885. The molecule has 0 aromatic carbocycles. The SMILES string of the molecule is N#CCCO[P@@](N)O. The molecule has 0 bridgehead atoms. The van der Waals surface area contributed by atoms with E-state index in [1.807, 2.05) is 6.07 Å². The van der Waals surface area contributed by atoms with Crippen molar-refractivity contribution in [1.82, 2.24) is 0 Å². The number of nitrogens with two attached hydrogens (primary N) is 1. The maximum Gasteiger partial charge on any atom is 0.250 e. The molecule has 0 aromatic heterocycles. The quantitative estimate of drug-likeness (QED) is 0.423. The van der Waals surface area contributed by atoms with E-state index >= 15 is 0 Å². The van der Waals surface area contributed by atoms with Gasteiger partial charge in [-0.05, 0) is 0 Å². The summed E-state index contributed by atoms with van der Waals surface area (Å²) in [5, 5.41) is 7.93. The van der Waals surface area contributed by atoms with Gasteiger partial charge in [0, 0.05) is 0 Å². The van der Waals surface area contributed by atoms with E-state index < -0.39 is 8.53 Å². The van der Waals surface area contributed by atoms with Gasteiger partial charge in [0.25, 0.3) is 0 Å². The van der Waals surface area contributed by atoms with Gasteiger partial charge in [-0.1, -0.05) is 0 Å². The maximum absolute atomic E-state index is 8.29.